The van der Waals surface area contributed by atoms with Gasteiger partial charge in [-0.25, -0.2) is 8.78 Å². The molecule has 5 aromatic rings. The first kappa shape index (κ1) is 24.4. The fourth-order valence-corrected chi connectivity index (χ4v) is 4.18. The molecule has 5 rings (SSSR count). The molecule has 0 bridgehead atoms. The highest BCUT2D eigenvalue weighted by molar-refractivity contribution is 6.31. The van der Waals surface area contributed by atoms with Crippen molar-refractivity contribution in [3.8, 4) is 22.4 Å². The molecule has 0 amide bonds. The lowest BCUT2D eigenvalue weighted by Crippen LogP contribution is -2.15. The molecule has 3 heterocycles. The third kappa shape index (κ3) is 4.90. The number of anilines is 1. The number of halogens is 5. The molecule has 1 unspecified atom stereocenters. The molecule has 2 aromatic carbocycles. The zero-order valence-corrected chi connectivity index (χ0v) is 19.7. The highest BCUT2D eigenvalue weighted by Crippen LogP contribution is 2.34. The van der Waals surface area contributed by atoms with Crippen molar-refractivity contribution < 1.29 is 17.6 Å². The summed E-state index contributed by atoms with van der Waals surface area (Å²) in [4.78, 5) is 4.53. The molecule has 0 saturated heterocycles. The van der Waals surface area contributed by atoms with Gasteiger partial charge in [-0.3, -0.25) is 9.67 Å². The number of rotatable bonds is 7. The SMILES string of the molecule is Nc1ccc(Cl)c(F)c1-c1ccc(C(Cc2ccc(F)cc2)n2cc(-c3cnnn3C(F)F)cn2)nc1. The van der Waals surface area contributed by atoms with Gasteiger partial charge in [0.1, 0.15) is 5.82 Å². The van der Waals surface area contributed by atoms with E-state index in [4.69, 9.17) is 17.3 Å². The van der Waals surface area contributed by atoms with Crippen molar-refractivity contribution in [2.45, 2.75) is 19.0 Å². The van der Waals surface area contributed by atoms with E-state index in [9.17, 15) is 17.6 Å². The summed E-state index contributed by atoms with van der Waals surface area (Å²) in [6.07, 6.45) is 6.05. The van der Waals surface area contributed by atoms with Crippen molar-refractivity contribution in [2.75, 3.05) is 5.73 Å². The van der Waals surface area contributed by atoms with Crippen LogP contribution >= 0.6 is 11.6 Å². The quantitative estimate of drug-likeness (QED) is 0.209. The van der Waals surface area contributed by atoms with E-state index in [1.165, 1.54) is 42.9 Å². The van der Waals surface area contributed by atoms with Crippen LogP contribution in [0, 0.1) is 11.6 Å². The maximum atomic E-state index is 14.7. The first-order chi connectivity index (χ1) is 17.8. The fourth-order valence-electron chi connectivity index (χ4n) is 4.02. The number of nitrogen functional groups attached to an aromatic ring is 1. The third-order valence-electron chi connectivity index (χ3n) is 5.86. The maximum Gasteiger partial charge on any atom is 0.335 e. The van der Waals surface area contributed by atoms with Gasteiger partial charge in [-0.1, -0.05) is 35.0 Å². The predicted molar refractivity (Wildman–Crippen MR) is 130 cm³/mol. The lowest BCUT2D eigenvalue weighted by atomic mass is 10.0. The number of hydrogen-bond donors (Lipinski definition) is 1. The van der Waals surface area contributed by atoms with Crippen LogP contribution in [0.15, 0.2) is 73.3 Å². The lowest BCUT2D eigenvalue weighted by molar-refractivity contribution is 0.0565. The highest BCUT2D eigenvalue weighted by atomic mass is 35.5. The smallest absolute Gasteiger partial charge is 0.335 e. The number of benzene rings is 2. The minimum Gasteiger partial charge on any atom is -0.398 e. The molecule has 7 nitrogen and oxygen atoms in total. The molecule has 2 N–H and O–H groups in total. The van der Waals surface area contributed by atoms with Gasteiger partial charge < -0.3 is 5.73 Å². The average molecular weight is 528 g/mol. The van der Waals surface area contributed by atoms with Crippen molar-refractivity contribution in [2.24, 2.45) is 0 Å². The van der Waals surface area contributed by atoms with Gasteiger partial charge in [0.15, 0.2) is 5.82 Å². The minimum atomic E-state index is -2.87. The molecule has 0 aliphatic carbocycles. The molecule has 0 radical (unpaired) electrons. The van der Waals surface area contributed by atoms with Crippen LogP contribution in [0.1, 0.15) is 23.8 Å². The van der Waals surface area contributed by atoms with Gasteiger partial charge in [0.25, 0.3) is 0 Å². The Morgan fingerprint density at radius 1 is 0.919 bits per heavy atom. The summed E-state index contributed by atoms with van der Waals surface area (Å²) < 4.78 is 56.8. The normalized spacial score (nSPS) is 12.3. The molecule has 12 heteroatoms. The van der Waals surface area contributed by atoms with Crippen LogP contribution in [0.2, 0.25) is 5.02 Å². The van der Waals surface area contributed by atoms with Crippen LogP contribution in [-0.2, 0) is 6.42 Å². The third-order valence-corrected chi connectivity index (χ3v) is 6.15. The van der Waals surface area contributed by atoms with E-state index in [0.717, 1.165) is 5.56 Å². The van der Waals surface area contributed by atoms with Crippen LogP contribution in [0.25, 0.3) is 22.4 Å². The summed E-state index contributed by atoms with van der Waals surface area (Å²) in [5.74, 6) is -1.03. The number of pyridine rings is 1. The zero-order valence-electron chi connectivity index (χ0n) is 18.9. The molecule has 0 spiro atoms. The van der Waals surface area contributed by atoms with Crippen molar-refractivity contribution in [3.63, 3.8) is 0 Å². The van der Waals surface area contributed by atoms with E-state index in [1.54, 1.807) is 35.1 Å². The Morgan fingerprint density at radius 3 is 2.41 bits per heavy atom. The summed E-state index contributed by atoms with van der Waals surface area (Å²) in [5.41, 5.74) is 8.55. The zero-order chi connectivity index (χ0) is 26.1. The minimum absolute atomic E-state index is 0.0657. The Labute approximate surface area is 213 Å². The van der Waals surface area contributed by atoms with E-state index in [2.05, 4.69) is 20.4 Å². The number of nitrogens with zero attached hydrogens (tertiary/aromatic N) is 6. The Hall–Kier alpha value is -4.25. The summed E-state index contributed by atoms with van der Waals surface area (Å²) in [5, 5.41) is 11.3. The second kappa shape index (κ2) is 10.0. The maximum absolute atomic E-state index is 14.7. The first-order valence-corrected chi connectivity index (χ1v) is 11.4. The molecule has 3 aromatic heterocycles. The number of hydrogen-bond acceptors (Lipinski definition) is 5. The number of alkyl halides is 2. The predicted octanol–water partition coefficient (Wildman–Crippen LogP) is 5.94. The van der Waals surface area contributed by atoms with E-state index in [0.29, 0.717) is 27.9 Å². The Bertz CT molecular complexity index is 1530. The molecule has 0 fully saturated rings. The number of aromatic nitrogens is 6. The summed E-state index contributed by atoms with van der Waals surface area (Å²) >= 11 is 5.93. The van der Waals surface area contributed by atoms with Gasteiger partial charge in [-0.2, -0.15) is 18.6 Å². The van der Waals surface area contributed by atoms with Crippen molar-refractivity contribution in [1.82, 2.24) is 29.8 Å². The van der Waals surface area contributed by atoms with Crippen LogP contribution in [0.3, 0.4) is 0 Å². The molecule has 0 aliphatic rings. The van der Waals surface area contributed by atoms with E-state index < -0.39 is 18.4 Å². The second-order valence-corrected chi connectivity index (χ2v) is 8.60. The molecular weight excluding hydrogens is 510 g/mol. The number of nitrogens with two attached hydrogens (primary N) is 1. The lowest BCUT2D eigenvalue weighted by Gasteiger charge is -2.18. The van der Waals surface area contributed by atoms with Crippen molar-refractivity contribution >= 4 is 17.3 Å². The Balaban J connectivity index is 1.53. The topological polar surface area (TPSA) is 87.4 Å². The van der Waals surface area contributed by atoms with Crippen LogP contribution in [0.5, 0.6) is 0 Å². The van der Waals surface area contributed by atoms with Gasteiger partial charge in [0, 0.05) is 41.2 Å². The Kier molecular flexibility index (Phi) is 6.62. The summed E-state index contributed by atoms with van der Waals surface area (Å²) in [6.45, 7) is -2.87. The summed E-state index contributed by atoms with van der Waals surface area (Å²) in [6, 6.07) is 11.7. The van der Waals surface area contributed by atoms with E-state index in [1.807, 2.05) is 0 Å². The average Bonchev–Trinajstić information content (AvgIpc) is 3.57. The molecule has 1 atom stereocenters. The molecule has 0 saturated carbocycles. The van der Waals surface area contributed by atoms with E-state index >= 15 is 0 Å². The van der Waals surface area contributed by atoms with Crippen molar-refractivity contribution in [1.29, 1.82) is 0 Å². The van der Waals surface area contributed by atoms with E-state index in [-0.39, 0.29) is 27.8 Å². The Morgan fingerprint density at radius 2 is 1.70 bits per heavy atom. The largest absolute Gasteiger partial charge is 0.398 e. The highest BCUT2D eigenvalue weighted by Gasteiger charge is 2.22. The summed E-state index contributed by atoms with van der Waals surface area (Å²) in [7, 11) is 0. The van der Waals surface area contributed by atoms with Crippen LogP contribution in [0.4, 0.5) is 23.2 Å². The van der Waals surface area contributed by atoms with Gasteiger partial charge in [-0.05, 0) is 35.9 Å². The molecule has 37 heavy (non-hydrogen) atoms. The standard InChI is InChI=1S/C25H18ClF4N7/c26-18-6-7-19(31)23(24(18)28)15-3-8-20(32-10-15)21(9-14-1-4-17(27)5-2-14)36-13-16(11-34-36)22-12-33-35-37(22)25(29)30/h1-8,10-13,21,25H,9,31H2. The molecular formula is C25H18ClF4N7. The van der Waals surface area contributed by atoms with Gasteiger partial charge in [-0.15, -0.1) is 5.10 Å². The van der Waals surface area contributed by atoms with Gasteiger partial charge >= 0.3 is 6.55 Å². The van der Waals surface area contributed by atoms with Gasteiger partial charge in [0.05, 0.1) is 34.8 Å². The van der Waals surface area contributed by atoms with Crippen LogP contribution < -0.4 is 5.73 Å². The fraction of sp³-hybridized carbons (Fsp3) is 0.120. The van der Waals surface area contributed by atoms with Gasteiger partial charge in [0.2, 0.25) is 0 Å². The first-order valence-electron chi connectivity index (χ1n) is 11.0. The molecule has 188 valence electrons. The molecule has 0 aliphatic heterocycles. The second-order valence-electron chi connectivity index (χ2n) is 8.19. The monoisotopic (exact) mass is 527 g/mol. The van der Waals surface area contributed by atoms with Crippen molar-refractivity contribution in [3.05, 3.63) is 101 Å². The van der Waals surface area contributed by atoms with Crippen LogP contribution in [-0.4, -0.2) is 29.8 Å².